The van der Waals surface area contributed by atoms with Crippen molar-refractivity contribution in [3.05, 3.63) is 17.6 Å². The Morgan fingerprint density at radius 1 is 1.11 bits per heavy atom. The Kier molecular flexibility index (Phi) is 6.10. The first-order chi connectivity index (χ1) is 8.51. The minimum atomic E-state index is 0.632. The molecule has 3 heteroatoms. The summed E-state index contributed by atoms with van der Waals surface area (Å²) >= 11 is 0. The number of nitrogens with zero attached hydrogens (tertiary/aromatic N) is 2. The second-order valence-electron chi connectivity index (χ2n) is 5.72. The van der Waals surface area contributed by atoms with Gasteiger partial charge < -0.3 is 5.32 Å². The number of aromatic nitrogens is 2. The number of rotatable bonds is 7. The molecule has 0 aliphatic heterocycles. The standard InChI is InChI=1S/C15H27N3/c1-6-16-15-10-13(9-12(4)5)17-14(18-15)8-7-11(2)3/h10-12H,6-9H2,1-5H3,(H,16,17,18). The van der Waals surface area contributed by atoms with Gasteiger partial charge in [0.25, 0.3) is 0 Å². The molecule has 1 N–H and O–H groups in total. The smallest absolute Gasteiger partial charge is 0.131 e. The Morgan fingerprint density at radius 2 is 1.83 bits per heavy atom. The molecule has 1 aromatic rings. The highest BCUT2D eigenvalue weighted by molar-refractivity contribution is 5.36. The molecule has 0 aliphatic rings. The predicted molar refractivity (Wildman–Crippen MR) is 77.9 cm³/mol. The third-order valence-corrected chi connectivity index (χ3v) is 2.75. The summed E-state index contributed by atoms with van der Waals surface area (Å²) in [5, 5.41) is 3.30. The lowest BCUT2D eigenvalue weighted by atomic mass is 10.1. The van der Waals surface area contributed by atoms with Crippen LogP contribution in [0.3, 0.4) is 0 Å². The molecule has 1 rings (SSSR count). The molecule has 18 heavy (non-hydrogen) atoms. The summed E-state index contributed by atoms with van der Waals surface area (Å²) in [5.41, 5.74) is 1.16. The van der Waals surface area contributed by atoms with Crippen molar-refractivity contribution in [1.29, 1.82) is 0 Å². The lowest BCUT2D eigenvalue weighted by Crippen LogP contribution is -2.08. The molecule has 0 atom stereocenters. The number of anilines is 1. The zero-order valence-electron chi connectivity index (χ0n) is 12.5. The Balaban J connectivity index is 2.83. The van der Waals surface area contributed by atoms with Crippen molar-refractivity contribution in [2.45, 2.75) is 53.9 Å². The predicted octanol–water partition coefficient (Wildman–Crippen LogP) is 3.70. The van der Waals surface area contributed by atoms with Crippen LogP contribution in [-0.2, 0) is 12.8 Å². The van der Waals surface area contributed by atoms with E-state index in [1.807, 2.05) is 0 Å². The van der Waals surface area contributed by atoms with Crippen LogP contribution in [0.5, 0.6) is 0 Å². The molecular weight excluding hydrogens is 222 g/mol. The van der Waals surface area contributed by atoms with Gasteiger partial charge in [0.1, 0.15) is 11.6 Å². The van der Waals surface area contributed by atoms with Crippen molar-refractivity contribution < 1.29 is 0 Å². The van der Waals surface area contributed by atoms with Crippen LogP contribution in [0.25, 0.3) is 0 Å². The summed E-state index contributed by atoms with van der Waals surface area (Å²) in [6.07, 6.45) is 3.15. The summed E-state index contributed by atoms with van der Waals surface area (Å²) in [6.45, 7) is 11.9. The largest absolute Gasteiger partial charge is 0.370 e. The Bertz CT molecular complexity index is 359. The van der Waals surface area contributed by atoms with Crippen LogP contribution in [0, 0.1) is 11.8 Å². The SMILES string of the molecule is CCNc1cc(CC(C)C)nc(CCC(C)C)n1. The summed E-state index contributed by atoms with van der Waals surface area (Å²) < 4.78 is 0. The van der Waals surface area contributed by atoms with Crippen molar-refractivity contribution in [2.75, 3.05) is 11.9 Å². The summed E-state index contributed by atoms with van der Waals surface area (Å²) in [7, 11) is 0. The van der Waals surface area contributed by atoms with Gasteiger partial charge in [-0.2, -0.15) is 0 Å². The van der Waals surface area contributed by atoms with Gasteiger partial charge in [-0.15, -0.1) is 0 Å². The van der Waals surface area contributed by atoms with E-state index >= 15 is 0 Å². The Hall–Kier alpha value is -1.12. The Morgan fingerprint density at radius 3 is 2.39 bits per heavy atom. The van der Waals surface area contributed by atoms with Crippen molar-refractivity contribution in [3.63, 3.8) is 0 Å². The zero-order chi connectivity index (χ0) is 13.5. The molecule has 102 valence electrons. The molecule has 0 saturated heterocycles. The number of nitrogens with one attached hydrogen (secondary N) is 1. The maximum absolute atomic E-state index is 4.68. The van der Waals surface area contributed by atoms with Crippen LogP contribution in [0.4, 0.5) is 5.82 Å². The minimum absolute atomic E-state index is 0.632. The highest BCUT2D eigenvalue weighted by Gasteiger charge is 2.07. The minimum Gasteiger partial charge on any atom is -0.370 e. The van der Waals surface area contributed by atoms with Gasteiger partial charge in [-0.25, -0.2) is 9.97 Å². The van der Waals surface area contributed by atoms with Gasteiger partial charge in [0.15, 0.2) is 0 Å². The maximum Gasteiger partial charge on any atom is 0.131 e. The lowest BCUT2D eigenvalue weighted by Gasteiger charge is -2.11. The molecule has 0 aliphatic carbocycles. The highest BCUT2D eigenvalue weighted by Crippen LogP contribution is 2.13. The van der Waals surface area contributed by atoms with Crippen molar-refractivity contribution in [2.24, 2.45) is 11.8 Å². The van der Waals surface area contributed by atoms with Gasteiger partial charge in [-0.05, 0) is 31.6 Å². The van der Waals surface area contributed by atoms with Gasteiger partial charge in [0.2, 0.25) is 0 Å². The maximum atomic E-state index is 4.68. The molecule has 1 heterocycles. The molecule has 0 unspecified atom stereocenters. The molecular formula is C15H27N3. The molecule has 0 radical (unpaired) electrons. The van der Waals surface area contributed by atoms with Gasteiger partial charge in [0.05, 0.1) is 0 Å². The van der Waals surface area contributed by atoms with E-state index in [0.717, 1.165) is 43.1 Å². The second-order valence-corrected chi connectivity index (χ2v) is 5.72. The van der Waals surface area contributed by atoms with E-state index in [2.05, 4.69) is 56.0 Å². The first-order valence-electron chi connectivity index (χ1n) is 7.12. The third kappa shape index (κ3) is 5.48. The third-order valence-electron chi connectivity index (χ3n) is 2.75. The van der Waals surface area contributed by atoms with E-state index in [0.29, 0.717) is 11.8 Å². The fraction of sp³-hybridized carbons (Fsp3) is 0.733. The van der Waals surface area contributed by atoms with Gasteiger partial charge in [-0.3, -0.25) is 0 Å². The van der Waals surface area contributed by atoms with Crippen molar-refractivity contribution in [3.8, 4) is 0 Å². The Labute approximate surface area is 111 Å². The average Bonchev–Trinajstić information content (AvgIpc) is 2.25. The van der Waals surface area contributed by atoms with Gasteiger partial charge in [0, 0.05) is 24.7 Å². The molecule has 1 aromatic heterocycles. The zero-order valence-corrected chi connectivity index (χ0v) is 12.5. The number of aryl methyl sites for hydroxylation is 1. The number of hydrogen-bond acceptors (Lipinski definition) is 3. The summed E-state index contributed by atoms with van der Waals surface area (Å²) in [4.78, 5) is 9.26. The molecule has 0 spiro atoms. The highest BCUT2D eigenvalue weighted by atomic mass is 15.0. The van der Waals surface area contributed by atoms with Crippen LogP contribution < -0.4 is 5.32 Å². The fourth-order valence-electron chi connectivity index (χ4n) is 1.88. The van der Waals surface area contributed by atoms with E-state index in [4.69, 9.17) is 0 Å². The first-order valence-corrected chi connectivity index (χ1v) is 7.12. The van der Waals surface area contributed by atoms with Crippen LogP contribution in [0.2, 0.25) is 0 Å². The van der Waals surface area contributed by atoms with Crippen LogP contribution in [0.15, 0.2) is 6.07 Å². The van der Waals surface area contributed by atoms with E-state index in [9.17, 15) is 0 Å². The van der Waals surface area contributed by atoms with E-state index in [1.54, 1.807) is 0 Å². The van der Waals surface area contributed by atoms with Crippen LogP contribution in [-0.4, -0.2) is 16.5 Å². The summed E-state index contributed by atoms with van der Waals surface area (Å²) in [6, 6.07) is 2.09. The van der Waals surface area contributed by atoms with Crippen molar-refractivity contribution >= 4 is 5.82 Å². The second kappa shape index (κ2) is 7.34. The molecule has 0 bridgehead atoms. The van der Waals surface area contributed by atoms with Crippen LogP contribution in [0.1, 0.15) is 52.6 Å². The van der Waals surface area contributed by atoms with E-state index < -0.39 is 0 Å². The molecule has 0 amide bonds. The molecule has 0 saturated carbocycles. The lowest BCUT2D eigenvalue weighted by molar-refractivity contribution is 0.570. The average molecular weight is 249 g/mol. The van der Waals surface area contributed by atoms with Gasteiger partial charge >= 0.3 is 0 Å². The first kappa shape index (κ1) is 14.9. The normalized spacial score (nSPS) is 11.3. The van der Waals surface area contributed by atoms with Gasteiger partial charge in [-0.1, -0.05) is 27.7 Å². The molecule has 3 nitrogen and oxygen atoms in total. The van der Waals surface area contributed by atoms with E-state index in [-0.39, 0.29) is 0 Å². The molecule has 0 aromatic carbocycles. The van der Waals surface area contributed by atoms with Crippen LogP contribution >= 0.6 is 0 Å². The monoisotopic (exact) mass is 249 g/mol. The molecule has 0 fully saturated rings. The quantitative estimate of drug-likeness (QED) is 0.800. The fourth-order valence-corrected chi connectivity index (χ4v) is 1.88. The summed E-state index contributed by atoms with van der Waals surface area (Å²) in [5.74, 6) is 3.29. The van der Waals surface area contributed by atoms with E-state index in [1.165, 1.54) is 0 Å². The number of hydrogen-bond donors (Lipinski definition) is 1. The topological polar surface area (TPSA) is 37.8 Å². The van der Waals surface area contributed by atoms with Crippen molar-refractivity contribution in [1.82, 2.24) is 9.97 Å².